The van der Waals surface area contributed by atoms with E-state index in [9.17, 15) is 4.79 Å². The number of hydrogen-bond acceptors (Lipinski definition) is 5. The summed E-state index contributed by atoms with van der Waals surface area (Å²) in [5.74, 6) is 1.55. The number of ether oxygens (including phenoxy) is 1. The molecule has 1 aromatic heterocycles. The van der Waals surface area contributed by atoms with E-state index >= 15 is 0 Å². The maximum absolute atomic E-state index is 12.7. The van der Waals surface area contributed by atoms with Crippen molar-refractivity contribution in [3.63, 3.8) is 0 Å². The van der Waals surface area contributed by atoms with E-state index in [1.165, 1.54) is 17.3 Å². The van der Waals surface area contributed by atoms with Crippen LogP contribution >= 0.6 is 27.7 Å². The molecule has 1 N–H and O–H groups in total. The standard InChI is InChI=1S/C28H29BrN4O2S/c1-18-6-15-24(23(29)16-18)30-25(34)17-36-27-32-31-26(19-7-9-20(10-8-19)28(2,3)4)33(27)21-11-13-22(35-5)14-12-21/h6-16H,17H2,1-5H3,(H,30,34). The molecule has 0 saturated carbocycles. The fraction of sp³-hybridized carbons (Fsp3) is 0.250. The van der Waals surface area contributed by atoms with Gasteiger partial charge in [-0.1, -0.05) is 62.9 Å². The molecule has 0 bridgehead atoms. The lowest BCUT2D eigenvalue weighted by atomic mass is 9.87. The summed E-state index contributed by atoms with van der Waals surface area (Å²) in [5, 5.41) is 12.5. The summed E-state index contributed by atoms with van der Waals surface area (Å²) < 4.78 is 8.15. The molecule has 3 aromatic carbocycles. The molecule has 0 spiro atoms. The highest BCUT2D eigenvalue weighted by Gasteiger charge is 2.19. The molecule has 0 fully saturated rings. The molecule has 4 aromatic rings. The summed E-state index contributed by atoms with van der Waals surface area (Å²) in [4.78, 5) is 12.7. The molecule has 0 aliphatic carbocycles. The van der Waals surface area contributed by atoms with E-state index in [1.807, 2.05) is 54.0 Å². The van der Waals surface area contributed by atoms with E-state index in [0.717, 1.165) is 32.7 Å². The minimum atomic E-state index is -0.120. The molecule has 1 heterocycles. The van der Waals surface area contributed by atoms with Crippen molar-refractivity contribution in [1.29, 1.82) is 0 Å². The Kier molecular flexibility index (Phi) is 7.85. The topological polar surface area (TPSA) is 69.0 Å². The Morgan fingerprint density at radius 1 is 1.03 bits per heavy atom. The van der Waals surface area contributed by atoms with Gasteiger partial charge in [-0.05, 0) is 75.8 Å². The van der Waals surface area contributed by atoms with E-state index in [1.54, 1.807) is 7.11 Å². The van der Waals surface area contributed by atoms with Crippen molar-refractivity contribution in [3.05, 3.63) is 82.3 Å². The van der Waals surface area contributed by atoms with Crippen LogP contribution in [0.4, 0.5) is 5.69 Å². The molecule has 8 heteroatoms. The van der Waals surface area contributed by atoms with Crippen LogP contribution in [0.3, 0.4) is 0 Å². The first-order valence-electron chi connectivity index (χ1n) is 11.6. The summed E-state index contributed by atoms with van der Waals surface area (Å²) in [7, 11) is 1.64. The van der Waals surface area contributed by atoms with Gasteiger partial charge in [-0.3, -0.25) is 9.36 Å². The molecule has 0 atom stereocenters. The minimum Gasteiger partial charge on any atom is -0.497 e. The highest BCUT2D eigenvalue weighted by Crippen LogP contribution is 2.31. The Morgan fingerprint density at radius 2 is 1.72 bits per heavy atom. The summed E-state index contributed by atoms with van der Waals surface area (Å²) in [6, 6.07) is 21.9. The van der Waals surface area contributed by atoms with Gasteiger partial charge < -0.3 is 10.1 Å². The maximum Gasteiger partial charge on any atom is 0.234 e. The van der Waals surface area contributed by atoms with E-state index < -0.39 is 0 Å². The zero-order valence-corrected chi connectivity index (χ0v) is 23.4. The number of carbonyl (C=O) groups is 1. The molecule has 4 rings (SSSR count). The summed E-state index contributed by atoms with van der Waals surface area (Å²) in [5.41, 5.74) is 5.00. The monoisotopic (exact) mass is 564 g/mol. The van der Waals surface area contributed by atoms with Crippen molar-refractivity contribution in [2.75, 3.05) is 18.2 Å². The average Bonchev–Trinajstić information content (AvgIpc) is 3.28. The first-order chi connectivity index (χ1) is 17.2. The van der Waals surface area contributed by atoms with Crippen LogP contribution in [0.15, 0.2) is 76.4 Å². The van der Waals surface area contributed by atoms with Gasteiger partial charge in [0.25, 0.3) is 0 Å². The van der Waals surface area contributed by atoms with E-state index in [4.69, 9.17) is 4.74 Å². The molecule has 6 nitrogen and oxygen atoms in total. The number of rotatable bonds is 7. The normalized spacial score (nSPS) is 11.4. The molecule has 1 amide bonds. The molecule has 0 aliphatic heterocycles. The number of nitrogens with zero attached hydrogens (tertiary/aromatic N) is 3. The smallest absolute Gasteiger partial charge is 0.234 e. The Balaban J connectivity index is 1.62. The van der Waals surface area contributed by atoms with Gasteiger partial charge >= 0.3 is 0 Å². The lowest BCUT2D eigenvalue weighted by molar-refractivity contribution is -0.113. The third-order valence-electron chi connectivity index (χ3n) is 5.70. The third kappa shape index (κ3) is 5.99. The second-order valence-electron chi connectivity index (χ2n) is 9.49. The summed E-state index contributed by atoms with van der Waals surface area (Å²) >= 11 is 4.86. The molecule has 186 valence electrons. The van der Waals surface area contributed by atoms with Crippen molar-refractivity contribution >= 4 is 39.3 Å². The predicted octanol–water partition coefficient (Wildman–Crippen LogP) is 7.04. The van der Waals surface area contributed by atoms with Crippen LogP contribution in [0.1, 0.15) is 31.9 Å². The number of hydrogen-bond donors (Lipinski definition) is 1. The van der Waals surface area contributed by atoms with Gasteiger partial charge in [-0.15, -0.1) is 10.2 Å². The Bertz CT molecular complexity index is 1360. The van der Waals surface area contributed by atoms with Crippen LogP contribution in [0.2, 0.25) is 0 Å². The third-order valence-corrected chi connectivity index (χ3v) is 7.29. The largest absolute Gasteiger partial charge is 0.497 e. The van der Waals surface area contributed by atoms with Crippen molar-refractivity contribution in [2.45, 2.75) is 38.3 Å². The second kappa shape index (κ2) is 10.9. The van der Waals surface area contributed by atoms with Crippen LogP contribution in [0.5, 0.6) is 5.75 Å². The van der Waals surface area contributed by atoms with E-state index in [-0.39, 0.29) is 17.1 Å². The Labute approximate surface area is 224 Å². The lowest BCUT2D eigenvalue weighted by Gasteiger charge is -2.19. The molecule has 0 saturated heterocycles. The van der Waals surface area contributed by atoms with Crippen LogP contribution < -0.4 is 10.1 Å². The number of aromatic nitrogens is 3. The fourth-order valence-corrected chi connectivity index (χ4v) is 5.02. The lowest BCUT2D eigenvalue weighted by Crippen LogP contribution is -2.15. The SMILES string of the molecule is COc1ccc(-n2c(SCC(=O)Nc3ccc(C)cc3Br)nnc2-c2ccc(C(C)(C)C)cc2)cc1. The van der Waals surface area contributed by atoms with Gasteiger partial charge in [0, 0.05) is 15.7 Å². The highest BCUT2D eigenvalue weighted by molar-refractivity contribution is 9.10. The fourth-order valence-electron chi connectivity index (χ4n) is 3.67. The number of halogens is 1. The van der Waals surface area contributed by atoms with E-state index in [0.29, 0.717) is 11.0 Å². The number of thioether (sulfide) groups is 1. The van der Waals surface area contributed by atoms with Gasteiger partial charge in [0.05, 0.1) is 18.6 Å². The second-order valence-corrected chi connectivity index (χ2v) is 11.3. The Hall–Kier alpha value is -3.10. The molecule has 0 radical (unpaired) electrons. The van der Waals surface area contributed by atoms with Crippen LogP contribution in [-0.4, -0.2) is 33.5 Å². The number of benzene rings is 3. The summed E-state index contributed by atoms with van der Waals surface area (Å²) in [6.07, 6.45) is 0. The van der Waals surface area contributed by atoms with Gasteiger partial charge in [-0.2, -0.15) is 0 Å². The number of anilines is 1. The average molecular weight is 566 g/mol. The van der Waals surface area contributed by atoms with E-state index in [2.05, 4.69) is 76.5 Å². The van der Waals surface area contributed by atoms with Gasteiger partial charge in [0.1, 0.15) is 5.75 Å². The quantitative estimate of drug-likeness (QED) is 0.244. The number of amides is 1. The van der Waals surface area contributed by atoms with Crippen LogP contribution in [0, 0.1) is 6.92 Å². The first-order valence-corrected chi connectivity index (χ1v) is 13.3. The molecule has 36 heavy (non-hydrogen) atoms. The molecule has 0 unspecified atom stereocenters. The number of carbonyl (C=O) groups excluding carboxylic acids is 1. The molecular weight excluding hydrogens is 536 g/mol. The zero-order chi connectivity index (χ0) is 25.9. The van der Waals surface area contributed by atoms with Gasteiger partial charge in [0.2, 0.25) is 5.91 Å². The predicted molar refractivity (Wildman–Crippen MR) is 150 cm³/mol. The number of nitrogens with one attached hydrogen (secondary N) is 1. The van der Waals surface area contributed by atoms with Crippen LogP contribution in [0.25, 0.3) is 17.1 Å². The highest BCUT2D eigenvalue weighted by atomic mass is 79.9. The molecular formula is C28H29BrN4O2S. The van der Waals surface area contributed by atoms with Crippen molar-refractivity contribution in [2.24, 2.45) is 0 Å². The van der Waals surface area contributed by atoms with Crippen molar-refractivity contribution in [3.8, 4) is 22.8 Å². The summed E-state index contributed by atoms with van der Waals surface area (Å²) in [6.45, 7) is 8.58. The van der Waals surface area contributed by atoms with Gasteiger partial charge in [0.15, 0.2) is 11.0 Å². The zero-order valence-electron chi connectivity index (χ0n) is 21.0. The molecule has 0 aliphatic rings. The number of methoxy groups -OCH3 is 1. The minimum absolute atomic E-state index is 0.0585. The van der Waals surface area contributed by atoms with Gasteiger partial charge in [-0.25, -0.2) is 0 Å². The van der Waals surface area contributed by atoms with Crippen molar-refractivity contribution in [1.82, 2.24) is 14.8 Å². The Morgan fingerprint density at radius 3 is 2.33 bits per heavy atom. The van der Waals surface area contributed by atoms with Crippen LogP contribution in [-0.2, 0) is 10.2 Å². The first kappa shape index (κ1) is 26.0. The maximum atomic E-state index is 12.7. The van der Waals surface area contributed by atoms with Crippen molar-refractivity contribution < 1.29 is 9.53 Å². The number of aryl methyl sites for hydroxylation is 1.